The van der Waals surface area contributed by atoms with E-state index in [1.807, 2.05) is 28.0 Å². The number of nitrogens with zero attached hydrogens (tertiary/aromatic N) is 3. The lowest BCUT2D eigenvalue weighted by Crippen LogP contribution is -2.49. The summed E-state index contributed by atoms with van der Waals surface area (Å²) < 4.78 is 0. The van der Waals surface area contributed by atoms with Gasteiger partial charge >= 0.3 is 6.03 Å². The molecule has 2 fully saturated rings. The maximum Gasteiger partial charge on any atom is 0.320 e. The summed E-state index contributed by atoms with van der Waals surface area (Å²) in [5, 5.41) is 19.8. The number of nitriles is 1. The van der Waals surface area contributed by atoms with Crippen molar-refractivity contribution in [3.8, 4) is 6.07 Å². The van der Waals surface area contributed by atoms with Crippen LogP contribution in [0, 0.1) is 11.3 Å². The van der Waals surface area contributed by atoms with Gasteiger partial charge in [0.15, 0.2) is 0 Å². The number of hydrogen-bond acceptors (Lipinski definition) is 3. The first-order chi connectivity index (χ1) is 12.1. The third-order valence-corrected chi connectivity index (χ3v) is 5.19. The van der Waals surface area contributed by atoms with Crippen LogP contribution in [0.4, 0.5) is 4.79 Å². The number of hydrogen-bond donors (Lipinski definition) is 1. The molecule has 2 aliphatic heterocycles. The monoisotopic (exact) mass is 359 g/mol. The summed E-state index contributed by atoms with van der Waals surface area (Å²) in [7, 11) is 0. The third kappa shape index (κ3) is 4.15. The number of aliphatic hydroxyl groups excluding tert-OH is 1. The van der Waals surface area contributed by atoms with Gasteiger partial charge < -0.3 is 14.9 Å². The smallest absolute Gasteiger partial charge is 0.320 e. The summed E-state index contributed by atoms with van der Waals surface area (Å²) >= 11 is 6.04. The predicted molar refractivity (Wildman–Crippen MR) is 97.0 cm³/mol. The Kier molecular flexibility index (Phi) is 5.62. The van der Waals surface area contributed by atoms with Crippen LogP contribution in [0.1, 0.15) is 31.2 Å². The molecule has 1 aromatic rings. The van der Waals surface area contributed by atoms with Crippen LogP contribution in [-0.4, -0.2) is 53.2 Å². The summed E-state index contributed by atoms with van der Waals surface area (Å²) in [5.74, 6) is 0. The van der Waals surface area contributed by atoms with Crippen LogP contribution < -0.4 is 0 Å². The quantitative estimate of drug-likeness (QED) is 0.782. The molecule has 0 atom stereocenters. The van der Waals surface area contributed by atoms with Crippen LogP contribution in [0.25, 0.3) is 5.57 Å². The van der Waals surface area contributed by atoms with E-state index in [4.69, 9.17) is 11.6 Å². The van der Waals surface area contributed by atoms with E-state index in [0.29, 0.717) is 62.5 Å². The van der Waals surface area contributed by atoms with Crippen LogP contribution in [0.5, 0.6) is 0 Å². The fourth-order valence-electron chi connectivity index (χ4n) is 3.47. The highest BCUT2D eigenvalue weighted by molar-refractivity contribution is 6.30. The number of benzene rings is 1. The van der Waals surface area contributed by atoms with Crippen molar-refractivity contribution in [1.29, 1.82) is 5.26 Å². The molecule has 5 nitrogen and oxygen atoms in total. The molecule has 3 rings (SSSR count). The van der Waals surface area contributed by atoms with Gasteiger partial charge in [0.25, 0.3) is 0 Å². The normalized spacial score (nSPS) is 18.8. The first kappa shape index (κ1) is 17.8. The first-order valence-electron chi connectivity index (χ1n) is 8.68. The highest BCUT2D eigenvalue weighted by atomic mass is 35.5. The Morgan fingerprint density at radius 1 is 1.16 bits per heavy atom. The van der Waals surface area contributed by atoms with E-state index >= 15 is 0 Å². The zero-order valence-electron chi connectivity index (χ0n) is 14.1. The molecule has 2 aliphatic rings. The van der Waals surface area contributed by atoms with Crippen LogP contribution in [-0.2, 0) is 0 Å². The number of likely N-dealkylation sites (tertiary alicyclic amines) is 2. The third-order valence-electron chi connectivity index (χ3n) is 4.95. The molecule has 0 unspecified atom stereocenters. The molecule has 1 aromatic carbocycles. The standard InChI is InChI=1S/C19H22ClN3O2/c20-16-3-1-2-15(12-16)18(13-21)14-4-8-22(9-5-14)19(25)23-10-6-17(24)7-11-23/h1-3,12,17,24H,4-11H2. The Balaban J connectivity index is 1.66. The average molecular weight is 360 g/mol. The van der Waals surface area contributed by atoms with Gasteiger partial charge in [0.05, 0.1) is 17.7 Å². The Morgan fingerprint density at radius 3 is 2.40 bits per heavy atom. The van der Waals surface area contributed by atoms with E-state index in [1.165, 1.54) is 0 Å². The lowest BCUT2D eigenvalue weighted by Gasteiger charge is -2.36. The highest BCUT2D eigenvalue weighted by Gasteiger charge is 2.28. The molecule has 25 heavy (non-hydrogen) atoms. The Hall–Kier alpha value is -2.03. The Labute approximate surface area is 153 Å². The number of aliphatic hydroxyl groups is 1. The van der Waals surface area contributed by atoms with Crippen molar-refractivity contribution in [3.05, 3.63) is 40.4 Å². The topological polar surface area (TPSA) is 67.6 Å². The van der Waals surface area contributed by atoms with Crippen molar-refractivity contribution >= 4 is 23.2 Å². The molecule has 2 amide bonds. The molecular weight excluding hydrogens is 338 g/mol. The van der Waals surface area contributed by atoms with Gasteiger partial charge in [-0.1, -0.05) is 23.7 Å². The van der Waals surface area contributed by atoms with Crippen LogP contribution in [0.15, 0.2) is 29.8 Å². The second-order valence-corrected chi connectivity index (χ2v) is 7.02. The van der Waals surface area contributed by atoms with Gasteiger partial charge in [-0.05, 0) is 49.0 Å². The van der Waals surface area contributed by atoms with Gasteiger partial charge in [0.1, 0.15) is 0 Å². The minimum absolute atomic E-state index is 0.0483. The van der Waals surface area contributed by atoms with Crippen molar-refractivity contribution in [2.45, 2.75) is 31.8 Å². The van der Waals surface area contributed by atoms with Gasteiger partial charge in [-0.15, -0.1) is 0 Å². The second-order valence-electron chi connectivity index (χ2n) is 6.59. The molecule has 0 aliphatic carbocycles. The molecule has 1 N–H and O–H groups in total. The van der Waals surface area contributed by atoms with E-state index in [2.05, 4.69) is 6.07 Å². The largest absolute Gasteiger partial charge is 0.393 e. The number of halogens is 1. The van der Waals surface area contributed by atoms with Crippen LogP contribution in [0.2, 0.25) is 5.02 Å². The van der Waals surface area contributed by atoms with Crippen molar-refractivity contribution < 1.29 is 9.90 Å². The summed E-state index contributed by atoms with van der Waals surface area (Å²) in [6.45, 7) is 2.48. The maximum atomic E-state index is 12.6. The Bertz CT molecular complexity index is 708. The molecule has 0 aromatic heterocycles. The average Bonchev–Trinajstić information content (AvgIpc) is 2.63. The number of carbonyl (C=O) groups is 1. The summed E-state index contributed by atoms with van der Waals surface area (Å²) in [6, 6.07) is 9.70. The number of rotatable bonds is 1. The van der Waals surface area contributed by atoms with Crippen molar-refractivity contribution in [2.75, 3.05) is 26.2 Å². The van der Waals surface area contributed by atoms with Crippen LogP contribution in [0.3, 0.4) is 0 Å². The lowest BCUT2D eigenvalue weighted by molar-refractivity contribution is 0.0803. The van der Waals surface area contributed by atoms with Gasteiger partial charge in [0.2, 0.25) is 0 Å². The van der Waals surface area contributed by atoms with E-state index in [0.717, 1.165) is 11.1 Å². The summed E-state index contributed by atoms with van der Waals surface area (Å²) in [5.41, 5.74) is 2.60. The zero-order valence-corrected chi connectivity index (χ0v) is 14.9. The minimum Gasteiger partial charge on any atom is -0.393 e. The number of urea groups is 1. The van der Waals surface area contributed by atoms with Crippen molar-refractivity contribution in [1.82, 2.24) is 9.80 Å². The lowest BCUT2D eigenvalue weighted by atomic mass is 9.94. The number of amides is 2. The molecule has 132 valence electrons. The predicted octanol–water partition coefficient (Wildman–Crippen LogP) is 3.29. The molecule has 2 saturated heterocycles. The maximum absolute atomic E-state index is 12.6. The molecule has 0 saturated carbocycles. The number of carbonyl (C=O) groups excluding carboxylic acids is 1. The summed E-state index contributed by atoms with van der Waals surface area (Å²) in [4.78, 5) is 16.3. The first-order valence-corrected chi connectivity index (χ1v) is 9.06. The number of piperidine rings is 2. The van der Waals surface area contributed by atoms with E-state index in [-0.39, 0.29) is 12.1 Å². The van der Waals surface area contributed by atoms with Gasteiger partial charge in [-0.25, -0.2) is 4.79 Å². The van der Waals surface area contributed by atoms with Gasteiger partial charge in [-0.2, -0.15) is 5.26 Å². The van der Waals surface area contributed by atoms with Crippen LogP contribution >= 0.6 is 11.6 Å². The number of allylic oxidation sites excluding steroid dienone is 1. The highest BCUT2D eigenvalue weighted by Crippen LogP contribution is 2.28. The van der Waals surface area contributed by atoms with E-state index in [1.54, 1.807) is 6.07 Å². The molecule has 6 heteroatoms. The second kappa shape index (κ2) is 7.90. The molecule has 0 bridgehead atoms. The Morgan fingerprint density at radius 2 is 1.80 bits per heavy atom. The zero-order chi connectivity index (χ0) is 17.8. The molecule has 0 spiro atoms. The van der Waals surface area contributed by atoms with Crippen molar-refractivity contribution in [3.63, 3.8) is 0 Å². The van der Waals surface area contributed by atoms with Gasteiger partial charge in [0, 0.05) is 31.2 Å². The minimum atomic E-state index is -0.282. The van der Waals surface area contributed by atoms with Crippen molar-refractivity contribution in [2.24, 2.45) is 0 Å². The molecular formula is C19H22ClN3O2. The molecule has 0 radical (unpaired) electrons. The molecule has 2 heterocycles. The fourth-order valence-corrected chi connectivity index (χ4v) is 3.66. The summed E-state index contributed by atoms with van der Waals surface area (Å²) in [6.07, 6.45) is 2.43. The van der Waals surface area contributed by atoms with E-state index < -0.39 is 0 Å². The van der Waals surface area contributed by atoms with Gasteiger partial charge in [-0.3, -0.25) is 0 Å². The fraction of sp³-hybridized carbons (Fsp3) is 0.474. The van der Waals surface area contributed by atoms with E-state index in [9.17, 15) is 15.2 Å². The SMILES string of the molecule is N#CC(=C1CCN(C(=O)N2CCC(O)CC2)CC1)c1cccc(Cl)c1.